The van der Waals surface area contributed by atoms with Crippen LogP contribution in [0.4, 0.5) is 17.5 Å². The standard InChI is InChI=1S/C31H34N8O/c1-32-26-13-11-24(12-14-26)21-34-30(40)27(18-23-8-3-2-4-9-23)36-28-19-29(39-16-5-6-17-39)38-31(37-28)35-22-25-10-7-15-33-20-25/h5-7,10-17,19-20,23,27H,2-4,8-9,18,21-22H2,(H,34,40)(H2,35,36,37,38)/t27-/m1/s1. The number of benzene rings is 1. The zero-order chi connectivity index (χ0) is 27.6. The predicted octanol–water partition coefficient (Wildman–Crippen LogP) is 5.89. The molecule has 5 rings (SSSR count). The molecule has 4 aromatic rings. The molecule has 1 aliphatic carbocycles. The monoisotopic (exact) mass is 534 g/mol. The summed E-state index contributed by atoms with van der Waals surface area (Å²) in [5.41, 5.74) is 2.56. The molecule has 0 aliphatic heterocycles. The fourth-order valence-corrected chi connectivity index (χ4v) is 5.06. The molecule has 204 valence electrons. The number of hydrogen-bond donors (Lipinski definition) is 3. The Morgan fingerprint density at radius 3 is 2.52 bits per heavy atom. The lowest BCUT2D eigenvalue weighted by atomic mass is 9.84. The molecule has 1 aromatic carbocycles. The van der Waals surface area contributed by atoms with Crippen LogP contribution >= 0.6 is 0 Å². The summed E-state index contributed by atoms with van der Waals surface area (Å²) in [6, 6.07) is 16.5. The topological polar surface area (TPSA) is 101 Å². The lowest BCUT2D eigenvalue weighted by Crippen LogP contribution is -2.41. The number of anilines is 2. The molecule has 1 aliphatic rings. The van der Waals surface area contributed by atoms with E-state index in [1.54, 1.807) is 18.3 Å². The molecule has 40 heavy (non-hydrogen) atoms. The van der Waals surface area contributed by atoms with Gasteiger partial charge in [-0.1, -0.05) is 62.4 Å². The summed E-state index contributed by atoms with van der Waals surface area (Å²) in [6.45, 7) is 8.07. The van der Waals surface area contributed by atoms with Gasteiger partial charge in [-0.25, -0.2) is 4.85 Å². The van der Waals surface area contributed by atoms with Gasteiger partial charge in [0.15, 0.2) is 5.69 Å². The van der Waals surface area contributed by atoms with Crippen LogP contribution < -0.4 is 16.0 Å². The Hall–Kier alpha value is -4.71. The highest BCUT2D eigenvalue weighted by Gasteiger charge is 2.25. The highest BCUT2D eigenvalue weighted by molar-refractivity contribution is 5.84. The van der Waals surface area contributed by atoms with Crippen molar-refractivity contribution in [1.82, 2.24) is 24.8 Å². The van der Waals surface area contributed by atoms with Crippen molar-refractivity contribution in [3.05, 3.63) is 102 Å². The summed E-state index contributed by atoms with van der Waals surface area (Å²) in [4.78, 5) is 30.6. The summed E-state index contributed by atoms with van der Waals surface area (Å²) in [5.74, 6) is 2.18. The van der Waals surface area contributed by atoms with Gasteiger partial charge in [-0.15, -0.1) is 0 Å². The Bertz CT molecular complexity index is 1410. The minimum Gasteiger partial charge on any atom is -0.358 e. The largest absolute Gasteiger partial charge is 0.358 e. The Morgan fingerprint density at radius 2 is 1.80 bits per heavy atom. The number of carbonyl (C=O) groups excluding carboxylic acids is 1. The van der Waals surface area contributed by atoms with E-state index in [9.17, 15) is 4.79 Å². The van der Waals surface area contributed by atoms with E-state index < -0.39 is 6.04 Å². The lowest BCUT2D eigenvalue weighted by molar-refractivity contribution is -0.122. The van der Waals surface area contributed by atoms with Crippen LogP contribution in [-0.4, -0.2) is 31.5 Å². The van der Waals surface area contributed by atoms with Crippen molar-refractivity contribution in [2.45, 2.75) is 57.7 Å². The van der Waals surface area contributed by atoms with E-state index in [2.05, 4.69) is 25.8 Å². The predicted molar refractivity (Wildman–Crippen MR) is 156 cm³/mol. The van der Waals surface area contributed by atoms with E-state index in [4.69, 9.17) is 16.5 Å². The number of nitrogens with zero attached hydrogens (tertiary/aromatic N) is 5. The van der Waals surface area contributed by atoms with Gasteiger partial charge in [-0.05, 0) is 41.7 Å². The fourth-order valence-electron chi connectivity index (χ4n) is 5.06. The quantitative estimate of drug-likeness (QED) is 0.207. The van der Waals surface area contributed by atoms with Gasteiger partial charge in [-0.2, -0.15) is 9.97 Å². The molecule has 1 saturated carbocycles. The Kier molecular flexibility index (Phi) is 8.99. The van der Waals surface area contributed by atoms with Gasteiger partial charge in [0, 0.05) is 43.9 Å². The van der Waals surface area contributed by atoms with Crippen LogP contribution in [-0.2, 0) is 17.9 Å². The molecule has 0 bridgehead atoms. The Morgan fingerprint density at radius 1 is 1.00 bits per heavy atom. The first-order valence-electron chi connectivity index (χ1n) is 13.8. The first-order valence-corrected chi connectivity index (χ1v) is 13.8. The number of nitrogens with one attached hydrogen (secondary N) is 3. The van der Waals surface area contributed by atoms with E-state index in [0.29, 0.717) is 42.3 Å². The van der Waals surface area contributed by atoms with Crippen molar-refractivity contribution < 1.29 is 4.79 Å². The van der Waals surface area contributed by atoms with Crippen molar-refractivity contribution >= 4 is 23.4 Å². The third-order valence-electron chi connectivity index (χ3n) is 7.22. The van der Waals surface area contributed by atoms with Gasteiger partial charge in [0.05, 0.1) is 6.57 Å². The van der Waals surface area contributed by atoms with E-state index in [0.717, 1.165) is 30.4 Å². The minimum atomic E-state index is -0.441. The number of hydrogen-bond acceptors (Lipinski definition) is 6. The highest BCUT2D eigenvalue weighted by Crippen LogP contribution is 2.28. The second-order valence-electron chi connectivity index (χ2n) is 10.2. The average molecular weight is 535 g/mol. The van der Waals surface area contributed by atoms with Gasteiger partial charge in [0.25, 0.3) is 0 Å². The molecule has 0 radical (unpaired) electrons. The maximum atomic E-state index is 13.5. The summed E-state index contributed by atoms with van der Waals surface area (Å²) < 4.78 is 1.92. The maximum absolute atomic E-state index is 13.5. The van der Waals surface area contributed by atoms with Crippen LogP contribution in [0.3, 0.4) is 0 Å². The van der Waals surface area contributed by atoms with E-state index in [1.807, 2.05) is 65.6 Å². The third kappa shape index (κ3) is 7.44. The lowest BCUT2D eigenvalue weighted by Gasteiger charge is -2.27. The van der Waals surface area contributed by atoms with Crippen LogP contribution in [0.25, 0.3) is 10.7 Å². The molecule has 0 spiro atoms. The molecule has 0 unspecified atom stereocenters. The second kappa shape index (κ2) is 13.4. The summed E-state index contributed by atoms with van der Waals surface area (Å²) >= 11 is 0. The van der Waals surface area contributed by atoms with Crippen LogP contribution in [0.1, 0.15) is 49.7 Å². The van der Waals surface area contributed by atoms with E-state index in [1.165, 1.54) is 19.3 Å². The average Bonchev–Trinajstić information content (AvgIpc) is 3.55. The zero-order valence-electron chi connectivity index (χ0n) is 22.5. The first-order chi connectivity index (χ1) is 19.7. The van der Waals surface area contributed by atoms with Gasteiger partial charge >= 0.3 is 0 Å². The number of rotatable bonds is 11. The number of pyridine rings is 1. The molecule has 9 heteroatoms. The summed E-state index contributed by atoms with van der Waals surface area (Å²) in [6.07, 6.45) is 14.1. The van der Waals surface area contributed by atoms with Crippen LogP contribution in [0.2, 0.25) is 0 Å². The molecule has 3 N–H and O–H groups in total. The van der Waals surface area contributed by atoms with Crippen LogP contribution in [0, 0.1) is 12.5 Å². The first kappa shape index (κ1) is 26.9. The number of carbonyl (C=O) groups is 1. The highest BCUT2D eigenvalue weighted by atomic mass is 16.2. The SMILES string of the molecule is [C-]#[N+]c1ccc(CNC(=O)[C@@H](CC2CCCCC2)Nc2cc(-n3cccc3)nc(NCc3cccnc3)n2)cc1. The maximum Gasteiger partial charge on any atom is 0.242 e. The van der Waals surface area contributed by atoms with Crippen LogP contribution in [0.15, 0.2) is 79.4 Å². The molecule has 1 atom stereocenters. The number of amides is 1. The van der Waals surface area contributed by atoms with Crippen LogP contribution in [0.5, 0.6) is 0 Å². The van der Waals surface area contributed by atoms with Crippen molar-refractivity contribution in [2.24, 2.45) is 5.92 Å². The van der Waals surface area contributed by atoms with Crippen molar-refractivity contribution in [1.29, 1.82) is 0 Å². The van der Waals surface area contributed by atoms with Gasteiger partial charge < -0.3 is 20.5 Å². The summed E-state index contributed by atoms with van der Waals surface area (Å²) in [7, 11) is 0. The van der Waals surface area contributed by atoms with Gasteiger partial charge in [-0.3, -0.25) is 9.78 Å². The summed E-state index contributed by atoms with van der Waals surface area (Å²) in [5, 5.41) is 9.86. The fraction of sp³-hybridized carbons (Fsp3) is 0.323. The van der Waals surface area contributed by atoms with Crippen molar-refractivity contribution in [2.75, 3.05) is 10.6 Å². The van der Waals surface area contributed by atoms with Gasteiger partial charge in [0.1, 0.15) is 17.7 Å². The smallest absolute Gasteiger partial charge is 0.242 e. The Labute approximate surface area is 234 Å². The Balaban J connectivity index is 1.35. The molecule has 3 aromatic heterocycles. The molecule has 1 fully saturated rings. The van der Waals surface area contributed by atoms with Crippen molar-refractivity contribution in [3.63, 3.8) is 0 Å². The van der Waals surface area contributed by atoms with Crippen molar-refractivity contribution in [3.8, 4) is 5.82 Å². The van der Waals surface area contributed by atoms with E-state index >= 15 is 0 Å². The molecule has 3 heterocycles. The molecular formula is C31H34N8O. The molecule has 0 saturated heterocycles. The molecular weight excluding hydrogens is 500 g/mol. The number of aromatic nitrogens is 4. The molecule has 1 amide bonds. The third-order valence-corrected chi connectivity index (χ3v) is 7.22. The van der Waals surface area contributed by atoms with Gasteiger partial charge in [0.2, 0.25) is 11.9 Å². The second-order valence-corrected chi connectivity index (χ2v) is 10.2. The molecule has 9 nitrogen and oxygen atoms in total. The zero-order valence-corrected chi connectivity index (χ0v) is 22.5. The van der Waals surface area contributed by atoms with E-state index in [-0.39, 0.29) is 5.91 Å². The minimum absolute atomic E-state index is 0.0641. The normalized spacial score (nSPS) is 14.2.